The summed E-state index contributed by atoms with van der Waals surface area (Å²) in [6, 6.07) is 5.56. The van der Waals surface area contributed by atoms with E-state index in [0.717, 1.165) is 30.7 Å². The molecule has 3 fully saturated rings. The Kier molecular flexibility index (Phi) is 8.16. The Balaban J connectivity index is 1.14. The van der Waals surface area contributed by atoms with Crippen molar-refractivity contribution in [1.29, 1.82) is 5.26 Å². The van der Waals surface area contributed by atoms with Crippen LogP contribution in [0.4, 0.5) is 28.9 Å². The zero-order chi connectivity index (χ0) is 34.7. The summed E-state index contributed by atoms with van der Waals surface area (Å²) < 4.78 is 53.6. The Labute approximate surface area is 292 Å². The summed E-state index contributed by atoms with van der Waals surface area (Å²) in [5, 5.41) is 12.9. The topological polar surface area (TPSA) is 151 Å². The Morgan fingerprint density at radius 3 is 2.80 bits per heavy atom. The molecule has 3 aromatic heterocycles. The number of nitrogen functional groups attached to an aromatic ring is 1. The molecule has 3 aliphatic rings. The van der Waals surface area contributed by atoms with Crippen LogP contribution in [0.5, 0.6) is 6.01 Å². The van der Waals surface area contributed by atoms with E-state index in [0.29, 0.717) is 44.3 Å². The van der Waals surface area contributed by atoms with E-state index in [1.54, 1.807) is 11.0 Å². The molecular weight excluding hydrogens is 693 g/mol. The third kappa shape index (κ3) is 5.62. The van der Waals surface area contributed by atoms with Gasteiger partial charge in [0.05, 0.1) is 27.0 Å². The molecule has 8 rings (SSSR count). The SMILES string of the molecule is N#Cc1cn(C(=O)N2CCC(Nc3nc(OC[C@@]45CCCN4C[C@H](F)C5)nc4c(F)c(-c5ccc(F)c6sc(N)nc56)c(Cl)cc34)CC2)cn1. The summed E-state index contributed by atoms with van der Waals surface area (Å²) in [6.45, 7) is 2.07. The number of fused-ring (bicyclic) bond motifs is 3. The molecule has 50 heavy (non-hydrogen) atoms. The molecule has 3 N–H and O–H groups in total. The van der Waals surface area contributed by atoms with Crippen molar-refractivity contribution in [3.8, 4) is 23.2 Å². The minimum Gasteiger partial charge on any atom is -0.461 e. The predicted octanol–water partition coefficient (Wildman–Crippen LogP) is 5.99. The molecule has 1 amide bonds. The second-order valence-corrected chi connectivity index (χ2v) is 14.4. The zero-order valence-electron chi connectivity index (χ0n) is 26.5. The highest BCUT2D eigenvalue weighted by Crippen LogP contribution is 2.43. The lowest BCUT2D eigenvalue weighted by Gasteiger charge is -2.33. The van der Waals surface area contributed by atoms with Crippen LogP contribution >= 0.6 is 22.9 Å². The molecule has 3 saturated heterocycles. The van der Waals surface area contributed by atoms with Gasteiger partial charge in [0, 0.05) is 48.6 Å². The highest BCUT2D eigenvalue weighted by Gasteiger charge is 2.49. The van der Waals surface area contributed by atoms with E-state index in [4.69, 9.17) is 27.3 Å². The molecule has 3 aliphatic heterocycles. The Morgan fingerprint density at radius 2 is 2.02 bits per heavy atom. The van der Waals surface area contributed by atoms with Crippen molar-refractivity contribution in [2.45, 2.75) is 49.9 Å². The number of benzene rings is 2. The van der Waals surface area contributed by atoms with Gasteiger partial charge >= 0.3 is 12.0 Å². The monoisotopic (exact) mass is 722 g/mol. The van der Waals surface area contributed by atoms with Crippen LogP contribution in [0.1, 0.15) is 37.8 Å². The van der Waals surface area contributed by atoms with E-state index < -0.39 is 23.3 Å². The van der Waals surface area contributed by atoms with Crippen LogP contribution in [-0.4, -0.2) is 90.9 Å². The first-order valence-corrected chi connectivity index (χ1v) is 17.4. The van der Waals surface area contributed by atoms with Crippen molar-refractivity contribution in [1.82, 2.24) is 34.3 Å². The van der Waals surface area contributed by atoms with Crippen LogP contribution in [0.3, 0.4) is 0 Å². The second-order valence-electron chi connectivity index (χ2n) is 13.0. The number of hydrogen-bond acceptors (Lipinski definition) is 11. The van der Waals surface area contributed by atoms with Crippen molar-refractivity contribution in [3.63, 3.8) is 0 Å². The summed E-state index contributed by atoms with van der Waals surface area (Å²) in [6.07, 6.45) is 4.85. The number of nitrogens with zero attached hydrogens (tertiary/aromatic N) is 8. The fourth-order valence-corrected chi connectivity index (χ4v) is 8.55. The van der Waals surface area contributed by atoms with Gasteiger partial charge in [-0.05, 0) is 50.4 Å². The first kappa shape index (κ1) is 32.5. The number of halogens is 4. The van der Waals surface area contributed by atoms with E-state index in [-0.39, 0.29) is 73.2 Å². The van der Waals surface area contributed by atoms with Crippen molar-refractivity contribution in [3.05, 3.63) is 53.1 Å². The number of hydrogen-bond donors (Lipinski definition) is 2. The number of ether oxygens (including phenoxy) is 1. The summed E-state index contributed by atoms with van der Waals surface area (Å²) in [4.78, 5) is 34.1. The fraction of sp³-hybridized carbons (Fsp3) is 0.394. The largest absolute Gasteiger partial charge is 0.461 e. The molecule has 0 aliphatic carbocycles. The van der Waals surface area contributed by atoms with Gasteiger partial charge < -0.3 is 20.7 Å². The van der Waals surface area contributed by atoms with Crippen molar-refractivity contribution < 1.29 is 22.7 Å². The normalized spacial score (nSPS) is 21.2. The molecule has 0 saturated carbocycles. The van der Waals surface area contributed by atoms with Crippen molar-refractivity contribution in [2.75, 3.05) is 43.8 Å². The minimum atomic E-state index is -0.956. The molecule has 258 valence electrons. The Morgan fingerprint density at radius 1 is 1.20 bits per heavy atom. The van der Waals surface area contributed by atoms with Crippen LogP contribution in [0.25, 0.3) is 32.2 Å². The van der Waals surface area contributed by atoms with Gasteiger partial charge in [0.1, 0.15) is 42.3 Å². The highest BCUT2D eigenvalue weighted by atomic mass is 35.5. The molecule has 6 heterocycles. The fourth-order valence-electron chi connectivity index (χ4n) is 7.49. The van der Waals surface area contributed by atoms with Gasteiger partial charge in [-0.15, -0.1) is 0 Å². The third-order valence-corrected chi connectivity index (χ3v) is 11.1. The standard InChI is InChI=1S/C33H30ClF3N10O2S/c34-22-10-21-26(25(37)24(22)20-2-3-23(36)28-27(20)42-30(39)50-28)43-31(49-15-33-6-1-7-47(33)13-17(35)11-33)44-29(21)41-18-4-8-45(9-5-18)32(48)46-14-19(12-38)40-16-46/h2-3,10,14,16-18H,1,4-9,11,13,15H2,(H2,39,42)(H,41,43,44)/t17-,33+/m1/s1. The molecule has 17 heteroatoms. The number of amides is 1. The number of thiazole rings is 1. The van der Waals surface area contributed by atoms with Crippen molar-refractivity contribution >= 4 is 61.0 Å². The molecule has 12 nitrogen and oxygen atoms in total. The number of nitrogens with two attached hydrogens (primary N) is 1. The third-order valence-electron chi connectivity index (χ3n) is 9.90. The van der Waals surface area contributed by atoms with Gasteiger partial charge in [-0.1, -0.05) is 22.9 Å². The maximum Gasteiger partial charge on any atom is 0.329 e. The lowest BCUT2D eigenvalue weighted by atomic mass is 9.95. The number of carbonyl (C=O) groups is 1. The van der Waals surface area contributed by atoms with E-state index in [1.807, 2.05) is 6.07 Å². The van der Waals surface area contributed by atoms with Crippen LogP contribution in [0.2, 0.25) is 5.02 Å². The number of likely N-dealkylation sites (tertiary alicyclic amines) is 1. The first-order chi connectivity index (χ1) is 24.1. The van der Waals surface area contributed by atoms with Crippen LogP contribution < -0.4 is 15.8 Å². The minimum absolute atomic E-state index is 0.0208. The molecular formula is C33H30ClF3N10O2S. The van der Waals surface area contributed by atoms with Crippen LogP contribution in [0.15, 0.2) is 30.7 Å². The molecule has 5 aromatic rings. The maximum absolute atomic E-state index is 16.8. The molecule has 0 radical (unpaired) electrons. The van der Waals surface area contributed by atoms with E-state index >= 15 is 4.39 Å². The summed E-state index contributed by atoms with van der Waals surface area (Å²) in [5.74, 6) is -1.02. The number of carbonyl (C=O) groups excluding carboxylic acids is 1. The van der Waals surface area contributed by atoms with Gasteiger partial charge in [0.15, 0.2) is 16.6 Å². The van der Waals surface area contributed by atoms with E-state index in [9.17, 15) is 13.6 Å². The molecule has 0 spiro atoms. The van der Waals surface area contributed by atoms with E-state index in [1.165, 1.54) is 29.2 Å². The van der Waals surface area contributed by atoms with Gasteiger partial charge in [-0.25, -0.2) is 27.9 Å². The Bertz CT molecular complexity index is 2200. The van der Waals surface area contributed by atoms with Crippen molar-refractivity contribution in [2.24, 2.45) is 0 Å². The first-order valence-electron chi connectivity index (χ1n) is 16.2. The number of rotatable bonds is 6. The number of piperidine rings is 1. The number of nitriles is 1. The number of anilines is 2. The van der Waals surface area contributed by atoms with Gasteiger partial charge in [-0.2, -0.15) is 15.2 Å². The second kappa shape index (κ2) is 12.6. The van der Waals surface area contributed by atoms with Crippen LogP contribution in [-0.2, 0) is 0 Å². The molecule has 0 unspecified atom stereocenters. The maximum atomic E-state index is 16.8. The number of aromatic nitrogens is 5. The summed E-state index contributed by atoms with van der Waals surface area (Å²) >= 11 is 7.73. The average Bonchev–Trinajstić information content (AvgIpc) is 3.89. The summed E-state index contributed by atoms with van der Waals surface area (Å²) in [7, 11) is 0. The molecule has 2 atom stereocenters. The highest BCUT2D eigenvalue weighted by molar-refractivity contribution is 7.22. The average molecular weight is 723 g/mol. The predicted molar refractivity (Wildman–Crippen MR) is 182 cm³/mol. The van der Waals surface area contributed by atoms with Gasteiger partial charge in [0.25, 0.3) is 0 Å². The molecule has 0 bridgehead atoms. The Hall–Kier alpha value is -4.72. The zero-order valence-corrected chi connectivity index (χ0v) is 28.1. The summed E-state index contributed by atoms with van der Waals surface area (Å²) in [5.41, 5.74) is 5.90. The smallest absolute Gasteiger partial charge is 0.329 e. The number of imidazole rings is 1. The van der Waals surface area contributed by atoms with Gasteiger partial charge in [-0.3, -0.25) is 9.47 Å². The quantitative estimate of drug-likeness (QED) is 0.214. The van der Waals surface area contributed by atoms with E-state index in [2.05, 4.69) is 30.2 Å². The lowest BCUT2D eigenvalue weighted by molar-refractivity contribution is 0.107. The lowest BCUT2D eigenvalue weighted by Crippen LogP contribution is -2.44. The molecule has 2 aromatic carbocycles. The van der Waals surface area contributed by atoms with Gasteiger partial charge in [0.2, 0.25) is 0 Å². The number of nitrogens with one attached hydrogen (secondary N) is 1. The number of alkyl halides is 1. The van der Waals surface area contributed by atoms with Crippen LogP contribution in [0, 0.1) is 23.0 Å².